The lowest BCUT2D eigenvalue weighted by molar-refractivity contribution is -0.125. The van der Waals surface area contributed by atoms with E-state index in [0.717, 1.165) is 30.4 Å². The molecule has 2 aromatic carbocycles. The van der Waals surface area contributed by atoms with E-state index in [0.29, 0.717) is 30.9 Å². The van der Waals surface area contributed by atoms with E-state index in [1.165, 1.54) is 16.1 Å². The summed E-state index contributed by atoms with van der Waals surface area (Å²) in [5.41, 5.74) is 3.42. The van der Waals surface area contributed by atoms with Crippen LogP contribution >= 0.6 is 0 Å². The lowest BCUT2D eigenvalue weighted by Crippen LogP contribution is -2.47. The van der Waals surface area contributed by atoms with Gasteiger partial charge >= 0.3 is 0 Å². The van der Waals surface area contributed by atoms with E-state index >= 15 is 0 Å². The van der Waals surface area contributed by atoms with Crippen LogP contribution in [0.3, 0.4) is 0 Å². The molecule has 1 saturated heterocycles. The van der Waals surface area contributed by atoms with Crippen LogP contribution in [0.2, 0.25) is 0 Å². The predicted molar refractivity (Wildman–Crippen MR) is 123 cm³/mol. The van der Waals surface area contributed by atoms with Gasteiger partial charge in [-0.1, -0.05) is 36.2 Å². The van der Waals surface area contributed by atoms with E-state index in [1.807, 2.05) is 31.2 Å². The maximum absolute atomic E-state index is 13.1. The molecule has 0 unspecified atom stereocenters. The minimum atomic E-state index is -3.58. The van der Waals surface area contributed by atoms with Crippen molar-refractivity contribution in [1.82, 2.24) is 9.62 Å². The van der Waals surface area contributed by atoms with Gasteiger partial charge in [-0.3, -0.25) is 14.5 Å². The highest BCUT2D eigenvalue weighted by molar-refractivity contribution is 7.89. The molecular weight excluding hydrogens is 426 g/mol. The molecule has 1 atom stereocenters. The van der Waals surface area contributed by atoms with Crippen molar-refractivity contribution in [2.24, 2.45) is 0 Å². The van der Waals surface area contributed by atoms with Gasteiger partial charge in [0, 0.05) is 38.7 Å². The number of hydrogen-bond donors (Lipinski definition) is 1. The Morgan fingerprint density at radius 3 is 2.38 bits per heavy atom. The highest BCUT2D eigenvalue weighted by atomic mass is 32.2. The molecule has 0 saturated carbocycles. The predicted octanol–water partition coefficient (Wildman–Crippen LogP) is 2.76. The van der Waals surface area contributed by atoms with Crippen LogP contribution < -0.4 is 10.2 Å². The molecule has 8 heteroatoms. The summed E-state index contributed by atoms with van der Waals surface area (Å²) in [6.07, 6.45) is 3.07. The fourth-order valence-corrected chi connectivity index (χ4v) is 6.02. The van der Waals surface area contributed by atoms with Gasteiger partial charge in [-0.05, 0) is 49.1 Å². The number of sulfonamides is 1. The monoisotopic (exact) mass is 455 g/mol. The first-order chi connectivity index (χ1) is 15.3. The van der Waals surface area contributed by atoms with Crippen LogP contribution in [0.4, 0.5) is 5.69 Å². The molecule has 2 aromatic rings. The van der Waals surface area contributed by atoms with Crippen molar-refractivity contribution in [2.45, 2.75) is 57.0 Å². The Morgan fingerprint density at radius 1 is 1.03 bits per heavy atom. The van der Waals surface area contributed by atoms with E-state index in [9.17, 15) is 18.0 Å². The quantitative estimate of drug-likeness (QED) is 0.751. The average Bonchev–Trinajstić information content (AvgIpc) is 3.18. The zero-order valence-corrected chi connectivity index (χ0v) is 19.3. The van der Waals surface area contributed by atoms with Gasteiger partial charge in [-0.2, -0.15) is 4.31 Å². The number of fused-ring (bicyclic) bond motifs is 1. The van der Waals surface area contributed by atoms with Gasteiger partial charge in [-0.15, -0.1) is 0 Å². The molecule has 0 aliphatic carbocycles. The third-order valence-electron chi connectivity index (χ3n) is 6.22. The minimum absolute atomic E-state index is 0.224. The van der Waals surface area contributed by atoms with Gasteiger partial charge in [0.1, 0.15) is 6.04 Å². The summed E-state index contributed by atoms with van der Waals surface area (Å²) in [6.45, 7) is 4.86. The smallest absolute Gasteiger partial charge is 0.243 e. The molecule has 2 heterocycles. The molecule has 0 bridgehead atoms. The second-order valence-electron chi connectivity index (χ2n) is 8.57. The van der Waals surface area contributed by atoms with Crippen LogP contribution in [0.1, 0.15) is 42.9 Å². The van der Waals surface area contributed by atoms with Gasteiger partial charge in [-0.25, -0.2) is 8.42 Å². The Morgan fingerprint density at radius 2 is 1.72 bits per heavy atom. The van der Waals surface area contributed by atoms with Crippen molar-refractivity contribution >= 4 is 27.5 Å². The molecule has 2 aliphatic rings. The van der Waals surface area contributed by atoms with Crippen molar-refractivity contribution < 1.29 is 18.0 Å². The maximum atomic E-state index is 13.1. The van der Waals surface area contributed by atoms with Crippen molar-refractivity contribution in [3.8, 4) is 0 Å². The number of nitrogens with one attached hydrogen (secondary N) is 1. The molecule has 32 heavy (non-hydrogen) atoms. The van der Waals surface area contributed by atoms with E-state index < -0.39 is 16.1 Å². The van der Waals surface area contributed by atoms with E-state index in [1.54, 1.807) is 18.2 Å². The molecule has 7 nitrogen and oxygen atoms in total. The third-order valence-corrected chi connectivity index (χ3v) is 8.11. The van der Waals surface area contributed by atoms with Gasteiger partial charge in [0.15, 0.2) is 0 Å². The lowest BCUT2D eigenvalue weighted by Gasteiger charge is -2.26. The van der Waals surface area contributed by atoms with Crippen LogP contribution in [0.25, 0.3) is 0 Å². The van der Waals surface area contributed by atoms with Gasteiger partial charge in [0.25, 0.3) is 0 Å². The zero-order chi connectivity index (χ0) is 22.9. The molecule has 1 N–H and O–H groups in total. The van der Waals surface area contributed by atoms with Crippen molar-refractivity contribution in [2.75, 3.05) is 18.0 Å². The fourth-order valence-electron chi connectivity index (χ4n) is 4.45. The van der Waals surface area contributed by atoms with Crippen molar-refractivity contribution in [3.63, 3.8) is 0 Å². The normalized spacial score (nSPS) is 18.9. The highest BCUT2D eigenvalue weighted by Gasteiger charge is 2.38. The molecule has 0 spiro atoms. The Labute approximate surface area is 189 Å². The van der Waals surface area contributed by atoms with E-state index in [-0.39, 0.29) is 23.1 Å². The largest absolute Gasteiger partial charge is 0.350 e. The maximum Gasteiger partial charge on any atom is 0.243 e. The second kappa shape index (κ2) is 9.03. The van der Waals surface area contributed by atoms with Crippen LogP contribution in [-0.2, 0) is 32.6 Å². The number of benzene rings is 2. The molecule has 0 aromatic heterocycles. The molecule has 2 amide bonds. The van der Waals surface area contributed by atoms with Gasteiger partial charge < -0.3 is 5.32 Å². The first kappa shape index (κ1) is 22.5. The minimum Gasteiger partial charge on any atom is -0.350 e. The summed E-state index contributed by atoms with van der Waals surface area (Å²) in [5.74, 6) is -0.497. The summed E-state index contributed by atoms with van der Waals surface area (Å²) in [6, 6.07) is 12.0. The molecule has 2 aliphatic heterocycles. The van der Waals surface area contributed by atoms with E-state index in [2.05, 4.69) is 5.32 Å². The number of nitrogens with zero attached hydrogens (tertiary/aromatic N) is 2. The van der Waals surface area contributed by atoms with Crippen molar-refractivity contribution in [3.05, 3.63) is 59.2 Å². The Balaban J connectivity index is 1.54. The summed E-state index contributed by atoms with van der Waals surface area (Å²) in [7, 11) is -3.58. The van der Waals surface area contributed by atoms with Crippen LogP contribution in [-0.4, -0.2) is 43.7 Å². The third kappa shape index (κ3) is 4.42. The fraction of sp³-hybridized carbons (Fsp3) is 0.417. The molecule has 4 rings (SSSR count). The first-order valence-electron chi connectivity index (χ1n) is 11.0. The Bertz CT molecular complexity index is 1120. The SMILES string of the molecule is CC(=O)N1c2ccc(S(=O)(=O)N3CCCCC3)cc2C[C@H]1C(=O)NCc1ccc(C)cc1. The summed E-state index contributed by atoms with van der Waals surface area (Å²) >= 11 is 0. The summed E-state index contributed by atoms with van der Waals surface area (Å²) in [4.78, 5) is 27.0. The molecule has 0 radical (unpaired) electrons. The Kier molecular flexibility index (Phi) is 6.35. The van der Waals surface area contributed by atoms with Crippen LogP contribution in [0, 0.1) is 6.92 Å². The van der Waals surface area contributed by atoms with Crippen LogP contribution in [0.15, 0.2) is 47.4 Å². The van der Waals surface area contributed by atoms with Crippen molar-refractivity contribution in [1.29, 1.82) is 0 Å². The van der Waals surface area contributed by atoms with Crippen LogP contribution in [0.5, 0.6) is 0 Å². The van der Waals surface area contributed by atoms with E-state index in [4.69, 9.17) is 0 Å². The highest BCUT2D eigenvalue weighted by Crippen LogP contribution is 2.35. The number of carbonyl (C=O) groups excluding carboxylic acids is 2. The first-order valence-corrected chi connectivity index (χ1v) is 12.5. The molecule has 1 fully saturated rings. The number of carbonyl (C=O) groups is 2. The number of aryl methyl sites for hydroxylation is 1. The second-order valence-corrected chi connectivity index (χ2v) is 10.5. The number of anilines is 1. The number of piperidine rings is 1. The molecular formula is C24H29N3O4S. The summed E-state index contributed by atoms with van der Waals surface area (Å²) in [5, 5.41) is 2.92. The Hall–Kier alpha value is -2.71. The lowest BCUT2D eigenvalue weighted by atomic mass is 10.1. The number of amides is 2. The number of rotatable bonds is 5. The van der Waals surface area contributed by atoms with Gasteiger partial charge in [0.05, 0.1) is 4.90 Å². The summed E-state index contributed by atoms with van der Waals surface area (Å²) < 4.78 is 27.7. The standard InChI is InChI=1S/C24H29N3O4S/c1-17-6-8-19(9-7-17)16-25-24(29)23-15-20-14-21(10-11-22(20)27(23)18(2)28)32(30,31)26-12-4-3-5-13-26/h6-11,14,23H,3-5,12-13,15-16H2,1-2H3,(H,25,29)/t23-/m0/s1. The average molecular weight is 456 g/mol. The topological polar surface area (TPSA) is 86.8 Å². The molecule has 170 valence electrons. The number of hydrogen-bond acceptors (Lipinski definition) is 4. The van der Waals surface area contributed by atoms with Gasteiger partial charge in [0.2, 0.25) is 21.8 Å². The zero-order valence-electron chi connectivity index (χ0n) is 18.5.